The van der Waals surface area contributed by atoms with Gasteiger partial charge < -0.3 is 9.47 Å². The number of anilines is 1. The van der Waals surface area contributed by atoms with Crippen LogP contribution in [0.3, 0.4) is 0 Å². The number of carbonyl (C=O) groups excluding carboxylic acids is 1. The van der Waals surface area contributed by atoms with Crippen molar-refractivity contribution in [2.24, 2.45) is 5.92 Å². The van der Waals surface area contributed by atoms with Crippen molar-refractivity contribution < 1.29 is 14.3 Å². The van der Waals surface area contributed by atoms with Crippen molar-refractivity contribution in [2.75, 3.05) is 18.5 Å². The second-order valence-electron chi connectivity index (χ2n) is 6.10. The van der Waals surface area contributed by atoms with Crippen LogP contribution < -0.4 is 14.8 Å². The molecule has 1 aromatic carbocycles. The lowest BCUT2D eigenvalue weighted by Gasteiger charge is -2.18. The fraction of sp³-hybridized carbons (Fsp3) is 0.294. The highest BCUT2D eigenvalue weighted by molar-refractivity contribution is 5.92. The molecule has 1 amide bonds. The van der Waals surface area contributed by atoms with Gasteiger partial charge >= 0.3 is 0 Å². The van der Waals surface area contributed by atoms with Gasteiger partial charge in [0.05, 0.1) is 0 Å². The van der Waals surface area contributed by atoms with Crippen LogP contribution in [0.25, 0.3) is 17.0 Å². The molecule has 1 aliphatic carbocycles. The maximum Gasteiger partial charge on any atom is 0.249 e. The molecule has 2 aliphatic rings. The van der Waals surface area contributed by atoms with Crippen LogP contribution in [0.15, 0.2) is 30.5 Å². The average molecular weight is 337 g/mol. The SMILES string of the molecule is O=C(Nc1nc2ccnc(-c3ccc4c(c3)OCCO4)n2n1)C1CC1. The molecule has 0 atom stereocenters. The number of hydrogen-bond donors (Lipinski definition) is 1. The molecule has 0 spiro atoms. The van der Waals surface area contributed by atoms with E-state index >= 15 is 0 Å². The van der Waals surface area contributed by atoms with Crippen molar-refractivity contribution in [3.63, 3.8) is 0 Å². The summed E-state index contributed by atoms with van der Waals surface area (Å²) in [6.07, 6.45) is 3.54. The van der Waals surface area contributed by atoms with E-state index < -0.39 is 0 Å². The average Bonchev–Trinajstić information content (AvgIpc) is 3.41. The van der Waals surface area contributed by atoms with E-state index in [1.807, 2.05) is 18.2 Å². The summed E-state index contributed by atoms with van der Waals surface area (Å²) in [7, 11) is 0. The molecule has 1 N–H and O–H groups in total. The summed E-state index contributed by atoms with van der Waals surface area (Å²) in [6.45, 7) is 1.07. The van der Waals surface area contributed by atoms with E-state index in [0.717, 1.165) is 24.2 Å². The first kappa shape index (κ1) is 14.2. The van der Waals surface area contributed by atoms with E-state index in [1.54, 1.807) is 16.8 Å². The molecule has 8 nitrogen and oxygen atoms in total. The Morgan fingerprint density at radius 2 is 2.00 bits per heavy atom. The van der Waals surface area contributed by atoms with Crippen LogP contribution in [0, 0.1) is 5.92 Å². The Labute approximate surface area is 142 Å². The van der Waals surface area contributed by atoms with Crippen molar-refractivity contribution in [3.8, 4) is 22.9 Å². The molecule has 1 aliphatic heterocycles. The van der Waals surface area contributed by atoms with Gasteiger partial charge in [0.15, 0.2) is 23.0 Å². The summed E-state index contributed by atoms with van der Waals surface area (Å²) < 4.78 is 12.8. The molecular weight excluding hydrogens is 322 g/mol. The molecule has 5 rings (SSSR count). The summed E-state index contributed by atoms with van der Waals surface area (Å²) in [4.78, 5) is 20.7. The number of aromatic nitrogens is 4. The van der Waals surface area contributed by atoms with E-state index in [0.29, 0.717) is 36.4 Å². The fourth-order valence-corrected chi connectivity index (χ4v) is 2.81. The molecule has 1 saturated carbocycles. The maximum absolute atomic E-state index is 11.9. The number of hydrogen-bond acceptors (Lipinski definition) is 6. The van der Waals surface area contributed by atoms with Gasteiger partial charge in [-0.1, -0.05) is 0 Å². The monoisotopic (exact) mass is 337 g/mol. The summed E-state index contributed by atoms with van der Waals surface area (Å²) in [6, 6.07) is 7.39. The molecule has 0 saturated heterocycles. The first-order valence-corrected chi connectivity index (χ1v) is 8.20. The molecule has 25 heavy (non-hydrogen) atoms. The van der Waals surface area contributed by atoms with Gasteiger partial charge in [-0.05, 0) is 31.0 Å². The third kappa shape index (κ3) is 2.55. The Hall–Kier alpha value is -3.16. The molecule has 0 bridgehead atoms. The number of rotatable bonds is 3. The van der Waals surface area contributed by atoms with Crippen molar-refractivity contribution >= 4 is 17.5 Å². The molecule has 1 fully saturated rings. The van der Waals surface area contributed by atoms with E-state index in [9.17, 15) is 4.79 Å². The predicted octanol–water partition coefficient (Wildman–Crippen LogP) is 1.91. The molecule has 126 valence electrons. The zero-order valence-corrected chi connectivity index (χ0v) is 13.3. The number of nitrogens with one attached hydrogen (secondary N) is 1. The van der Waals surface area contributed by atoms with Gasteiger partial charge in [-0.25, -0.2) is 4.98 Å². The minimum Gasteiger partial charge on any atom is -0.486 e. The van der Waals surface area contributed by atoms with Gasteiger partial charge in [-0.15, -0.1) is 5.10 Å². The standard InChI is InChI=1S/C17H15N5O3/c23-16(10-1-2-10)20-17-19-14-5-6-18-15(22(14)21-17)11-3-4-12-13(9-11)25-8-7-24-12/h3-6,9-10H,1-2,7-8H2,(H,20,21,23). The van der Waals surface area contributed by atoms with Crippen LogP contribution in [-0.2, 0) is 4.79 Å². The molecule has 8 heteroatoms. The molecule has 3 aromatic rings. The smallest absolute Gasteiger partial charge is 0.249 e. The normalized spacial score (nSPS) is 16.0. The van der Waals surface area contributed by atoms with Gasteiger partial charge in [0, 0.05) is 23.7 Å². The lowest BCUT2D eigenvalue weighted by Crippen LogP contribution is -2.15. The number of amides is 1. The van der Waals surface area contributed by atoms with Gasteiger partial charge in [-0.2, -0.15) is 9.50 Å². The minimum absolute atomic E-state index is 0.0234. The highest BCUT2D eigenvalue weighted by Gasteiger charge is 2.30. The first-order chi connectivity index (χ1) is 12.3. The Bertz CT molecular complexity index is 980. The van der Waals surface area contributed by atoms with Crippen molar-refractivity contribution in [3.05, 3.63) is 30.5 Å². The summed E-state index contributed by atoms with van der Waals surface area (Å²) in [5.74, 6) is 2.40. The molecule has 2 aromatic heterocycles. The Morgan fingerprint density at radius 3 is 2.84 bits per heavy atom. The predicted molar refractivity (Wildman–Crippen MR) is 88.6 cm³/mol. The highest BCUT2D eigenvalue weighted by atomic mass is 16.6. The molecular formula is C17H15N5O3. The van der Waals surface area contributed by atoms with E-state index in [4.69, 9.17) is 9.47 Å². The third-order valence-corrected chi connectivity index (χ3v) is 4.24. The second kappa shape index (κ2) is 5.44. The number of ether oxygens (including phenoxy) is 2. The highest BCUT2D eigenvalue weighted by Crippen LogP contribution is 2.34. The lowest BCUT2D eigenvalue weighted by molar-refractivity contribution is -0.117. The second-order valence-corrected chi connectivity index (χ2v) is 6.10. The zero-order chi connectivity index (χ0) is 16.8. The van der Waals surface area contributed by atoms with Crippen molar-refractivity contribution in [2.45, 2.75) is 12.8 Å². The third-order valence-electron chi connectivity index (χ3n) is 4.24. The van der Waals surface area contributed by atoms with Gasteiger partial charge in [0.25, 0.3) is 0 Å². The number of benzene rings is 1. The van der Waals surface area contributed by atoms with Gasteiger partial charge in [0.1, 0.15) is 13.2 Å². The first-order valence-electron chi connectivity index (χ1n) is 8.20. The number of nitrogens with zero attached hydrogens (tertiary/aromatic N) is 4. The van der Waals surface area contributed by atoms with Crippen molar-refractivity contribution in [1.82, 2.24) is 19.6 Å². The Balaban J connectivity index is 1.54. The number of carbonyl (C=O) groups is 1. The summed E-state index contributed by atoms with van der Waals surface area (Å²) in [5.41, 5.74) is 1.45. The van der Waals surface area contributed by atoms with Crippen LogP contribution in [-0.4, -0.2) is 38.7 Å². The van der Waals surface area contributed by atoms with Crippen LogP contribution in [0.1, 0.15) is 12.8 Å². The lowest BCUT2D eigenvalue weighted by atomic mass is 10.2. The minimum atomic E-state index is -0.0234. The summed E-state index contributed by atoms with van der Waals surface area (Å²) in [5, 5.41) is 7.16. The van der Waals surface area contributed by atoms with E-state index in [2.05, 4.69) is 20.4 Å². The van der Waals surface area contributed by atoms with E-state index in [1.165, 1.54) is 0 Å². The van der Waals surface area contributed by atoms with Crippen LogP contribution in [0.5, 0.6) is 11.5 Å². The zero-order valence-electron chi connectivity index (χ0n) is 13.3. The summed E-state index contributed by atoms with van der Waals surface area (Å²) >= 11 is 0. The van der Waals surface area contributed by atoms with Crippen LogP contribution in [0.2, 0.25) is 0 Å². The van der Waals surface area contributed by atoms with Gasteiger partial charge in [0.2, 0.25) is 11.9 Å². The topological polar surface area (TPSA) is 90.6 Å². The Kier molecular flexibility index (Phi) is 3.09. The van der Waals surface area contributed by atoms with Crippen LogP contribution >= 0.6 is 0 Å². The maximum atomic E-state index is 11.9. The quantitative estimate of drug-likeness (QED) is 0.785. The number of fused-ring (bicyclic) bond motifs is 2. The molecule has 0 radical (unpaired) electrons. The molecule has 3 heterocycles. The van der Waals surface area contributed by atoms with Gasteiger partial charge in [-0.3, -0.25) is 10.1 Å². The van der Waals surface area contributed by atoms with Crippen molar-refractivity contribution in [1.29, 1.82) is 0 Å². The largest absolute Gasteiger partial charge is 0.486 e. The Morgan fingerprint density at radius 1 is 1.16 bits per heavy atom. The van der Waals surface area contributed by atoms with Crippen LogP contribution in [0.4, 0.5) is 5.95 Å². The van der Waals surface area contributed by atoms with E-state index in [-0.39, 0.29) is 11.8 Å². The fourth-order valence-electron chi connectivity index (χ4n) is 2.81. The molecule has 0 unspecified atom stereocenters.